The zero-order valence-electron chi connectivity index (χ0n) is 25.5. The van der Waals surface area contributed by atoms with E-state index in [2.05, 4.69) is 10.1 Å². The smallest absolute Gasteiger partial charge is 0.309 e. The molecule has 0 spiro atoms. The Hall–Kier alpha value is -1.50. The normalized spacial score (nSPS) is 34.8. The van der Waals surface area contributed by atoms with Gasteiger partial charge in [-0.05, 0) is 44.3 Å². The Morgan fingerprint density at radius 1 is 1.29 bits per heavy atom. The molecule has 42 heavy (non-hydrogen) atoms. The predicted molar refractivity (Wildman–Crippen MR) is 162 cm³/mol. The maximum Gasteiger partial charge on any atom is 0.309 e. The first-order valence-electron chi connectivity index (χ1n) is 14.7. The Balaban J connectivity index is 1.80. The van der Waals surface area contributed by atoms with Crippen molar-refractivity contribution in [2.45, 2.75) is 110 Å². The molecule has 0 radical (unpaired) electrons. The number of nitrogens with two attached hydrogens (primary N) is 1. The van der Waals surface area contributed by atoms with Crippen LogP contribution in [-0.2, 0) is 30.2 Å². The van der Waals surface area contributed by atoms with Gasteiger partial charge in [0.2, 0.25) is 0 Å². The molecular formula is C29H48N3O8PS. The molecule has 238 valence electrons. The molecule has 6 N–H and O–H groups in total. The van der Waals surface area contributed by atoms with Crippen LogP contribution in [-0.4, -0.2) is 74.6 Å². The lowest BCUT2D eigenvalue weighted by Gasteiger charge is -2.34. The molecule has 13 heteroatoms. The van der Waals surface area contributed by atoms with Gasteiger partial charge in [0.05, 0.1) is 54.1 Å². The number of cyclic esters (lactones) is 1. The quantitative estimate of drug-likeness (QED) is 0.169. The summed E-state index contributed by atoms with van der Waals surface area (Å²) in [6.07, 6.45) is 1.20. The molecule has 2 aliphatic heterocycles. The number of nitrogens with zero attached hydrogens (tertiary/aromatic N) is 1. The van der Waals surface area contributed by atoms with E-state index in [9.17, 15) is 29.3 Å². The van der Waals surface area contributed by atoms with Crippen molar-refractivity contribution >= 4 is 36.7 Å². The number of ketones is 1. The first-order valence-corrected chi connectivity index (χ1v) is 17.4. The largest absolute Gasteiger partial charge is 0.458 e. The van der Waals surface area contributed by atoms with E-state index in [1.165, 1.54) is 11.3 Å². The molecule has 2 aliphatic rings. The van der Waals surface area contributed by atoms with Crippen molar-refractivity contribution in [1.29, 1.82) is 0 Å². The molecule has 2 saturated heterocycles. The van der Waals surface area contributed by atoms with Crippen LogP contribution < -0.4 is 10.8 Å². The summed E-state index contributed by atoms with van der Waals surface area (Å²) in [5.41, 5.74) is 5.11. The molecule has 1 aromatic heterocycles. The number of aliphatic hydroxyl groups is 2. The van der Waals surface area contributed by atoms with Gasteiger partial charge in [-0.25, -0.2) is 10.1 Å². The minimum atomic E-state index is -3.53. The Bertz CT molecular complexity index is 1190. The molecule has 2 fully saturated rings. The summed E-state index contributed by atoms with van der Waals surface area (Å²) in [6.45, 7) is 10.9. The van der Waals surface area contributed by atoms with Crippen molar-refractivity contribution in [3.63, 3.8) is 0 Å². The number of aromatic nitrogens is 1. The molecule has 1 aromatic rings. The molecule has 0 saturated carbocycles. The van der Waals surface area contributed by atoms with Gasteiger partial charge in [0.25, 0.3) is 7.52 Å². The standard InChI is InChI=1S/C29H48N3O8PS/c1-17-8-7-9-29(6)23(40-29)13-21(39-25(34)14-22(33)28(4,5)27(36)19(3)26(17)35)18(2)12-20-16-42-24(32-20)15-31-41(37,38)11-10-30/h12,16-17,19,21-23,26,33,35H,7-11,13-15,30H2,1-6H3,(H2,31,37,38)/b18-12+/t17-,19+,21-,22-,23-,26-,29+/m1/s1. The number of hydrogen-bond acceptors (Lipinski definition) is 10. The minimum absolute atomic E-state index is 0.0283. The monoisotopic (exact) mass is 629 g/mol. The second kappa shape index (κ2) is 14.1. The first kappa shape index (κ1) is 35.0. The van der Waals surface area contributed by atoms with E-state index in [4.69, 9.17) is 15.2 Å². The van der Waals surface area contributed by atoms with Crippen LogP contribution in [0.25, 0.3) is 6.08 Å². The topological polar surface area (TPSA) is 185 Å². The maximum absolute atomic E-state index is 13.3. The van der Waals surface area contributed by atoms with Gasteiger partial charge >= 0.3 is 5.97 Å². The zero-order valence-corrected chi connectivity index (χ0v) is 27.2. The van der Waals surface area contributed by atoms with E-state index < -0.39 is 43.1 Å². The highest BCUT2D eigenvalue weighted by Gasteiger charge is 2.53. The lowest BCUT2D eigenvalue weighted by molar-refractivity contribution is -0.154. The number of esters is 1. The lowest BCUT2D eigenvalue weighted by atomic mass is 9.73. The van der Waals surface area contributed by atoms with Gasteiger partial charge in [0, 0.05) is 24.3 Å². The Kier molecular flexibility index (Phi) is 11.7. The van der Waals surface area contributed by atoms with Gasteiger partial charge in [-0.2, -0.15) is 0 Å². The predicted octanol–water partition coefficient (Wildman–Crippen LogP) is 3.40. The molecule has 0 amide bonds. The Morgan fingerprint density at radius 2 is 1.98 bits per heavy atom. The van der Waals surface area contributed by atoms with E-state index >= 15 is 0 Å². The number of rotatable bonds is 7. The van der Waals surface area contributed by atoms with Crippen LogP contribution in [0, 0.1) is 17.3 Å². The zero-order chi connectivity index (χ0) is 31.5. The molecule has 8 atom stereocenters. The van der Waals surface area contributed by atoms with Crippen molar-refractivity contribution in [3.05, 3.63) is 21.7 Å². The average Bonchev–Trinajstić information content (AvgIpc) is 3.31. The highest BCUT2D eigenvalue weighted by molar-refractivity contribution is 7.55. The molecule has 1 unspecified atom stereocenters. The summed E-state index contributed by atoms with van der Waals surface area (Å²) in [5.74, 6) is -1.75. The molecule has 0 bridgehead atoms. The lowest BCUT2D eigenvalue weighted by Crippen LogP contribution is -2.45. The maximum atomic E-state index is 13.3. The molecule has 0 aliphatic carbocycles. The number of hydrogen-bond donors (Lipinski definition) is 5. The third kappa shape index (κ3) is 9.01. The van der Waals surface area contributed by atoms with E-state index in [-0.39, 0.29) is 49.1 Å². The van der Waals surface area contributed by atoms with E-state index in [1.807, 2.05) is 32.2 Å². The third-order valence-corrected chi connectivity index (χ3v) is 11.2. The number of epoxide rings is 1. The van der Waals surface area contributed by atoms with Gasteiger partial charge in [-0.1, -0.05) is 34.1 Å². The Labute approximate surface area is 252 Å². The van der Waals surface area contributed by atoms with Gasteiger partial charge in [-0.15, -0.1) is 11.3 Å². The number of carbonyl (C=O) groups excluding carboxylic acids is 2. The first-order chi connectivity index (χ1) is 19.5. The highest BCUT2D eigenvalue weighted by Crippen LogP contribution is 2.45. The van der Waals surface area contributed by atoms with Gasteiger partial charge < -0.3 is 30.3 Å². The fraction of sp³-hybridized carbons (Fsp3) is 0.759. The molecule has 3 heterocycles. The molecular weight excluding hydrogens is 581 g/mol. The minimum Gasteiger partial charge on any atom is -0.458 e. The second-order valence-corrected chi connectivity index (χ2v) is 15.8. The van der Waals surface area contributed by atoms with Crippen LogP contribution in [0.3, 0.4) is 0 Å². The number of nitrogens with one attached hydrogen (secondary N) is 1. The van der Waals surface area contributed by atoms with Crippen molar-refractivity contribution in [3.8, 4) is 0 Å². The number of thiazole rings is 1. The fourth-order valence-electron chi connectivity index (χ4n) is 5.54. The van der Waals surface area contributed by atoms with E-state index in [1.54, 1.807) is 20.8 Å². The van der Waals surface area contributed by atoms with Crippen LogP contribution in [0.5, 0.6) is 0 Å². The Morgan fingerprint density at radius 3 is 2.64 bits per heavy atom. The summed E-state index contributed by atoms with van der Waals surface area (Å²) < 4.78 is 24.0. The van der Waals surface area contributed by atoms with Crippen molar-refractivity contribution in [1.82, 2.24) is 10.1 Å². The highest BCUT2D eigenvalue weighted by atomic mass is 32.1. The van der Waals surface area contributed by atoms with Crippen LogP contribution in [0.2, 0.25) is 0 Å². The van der Waals surface area contributed by atoms with Crippen molar-refractivity contribution in [2.75, 3.05) is 12.7 Å². The van der Waals surface area contributed by atoms with Crippen molar-refractivity contribution < 1.29 is 38.7 Å². The molecule has 0 aromatic carbocycles. The van der Waals surface area contributed by atoms with Gasteiger partial charge in [0.15, 0.2) is 0 Å². The van der Waals surface area contributed by atoms with E-state index in [0.717, 1.165) is 24.8 Å². The number of aliphatic hydroxyl groups excluding tert-OH is 2. The number of fused-ring (bicyclic) bond motifs is 1. The average molecular weight is 630 g/mol. The van der Waals surface area contributed by atoms with E-state index in [0.29, 0.717) is 17.1 Å². The summed E-state index contributed by atoms with van der Waals surface area (Å²) in [7, 11) is -3.53. The molecule has 3 rings (SSSR count). The van der Waals surface area contributed by atoms with Gasteiger partial charge in [-0.3, -0.25) is 14.2 Å². The van der Waals surface area contributed by atoms with Gasteiger partial charge in [0.1, 0.15) is 16.9 Å². The summed E-state index contributed by atoms with van der Waals surface area (Å²) in [4.78, 5) is 40.8. The van der Waals surface area contributed by atoms with Crippen LogP contribution in [0.4, 0.5) is 0 Å². The summed E-state index contributed by atoms with van der Waals surface area (Å²) in [6, 6.07) is 0. The molecule has 11 nitrogen and oxygen atoms in total. The summed E-state index contributed by atoms with van der Waals surface area (Å²) >= 11 is 1.34. The van der Waals surface area contributed by atoms with Crippen LogP contribution >= 0.6 is 18.9 Å². The third-order valence-electron chi connectivity index (χ3n) is 8.77. The number of carbonyl (C=O) groups is 2. The van der Waals surface area contributed by atoms with Crippen molar-refractivity contribution in [2.24, 2.45) is 23.0 Å². The number of ether oxygens (including phenoxy) is 2. The van der Waals surface area contributed by atoms with Crippen LogP contribution in [0.15, 0.2) is 11.0 Å². The fourth-order valence-corrected chi connectivity index (χ4v) is 7.24. The summed E-state index contributed by atoms with van der Waals surface area (Å²) in [5, 5.41) is 26.9. The second-order valence-electron chi connectivity index (χ2n) is 12.7. The SMILES string of the molecule is C/C(=C\c1csc(CNP(=O)(O)CCN)n1)[C@H]1C[C@H]2O[C@@]2(C)CCC[C@@H](C)[C@@H](O)[C@H](C)C(=O)C(C)(C)[C@H](O)CC(=O)O1. The number of Topliss-reactive ketones (excluding diaryl/α,β-unsaturated/α-hetero) is 1. The van der Waals surface area contributed by atoms with Crippen LogP contribution in [0.1, 0.15) is 84.3 Å².